The van der Waals surface area contributed by atoms with Crippen molar-refractivity contribution in [2.75, 3.05) is 25.5 Å². The smallest absolute Gasteiger partial charge is 0.228 e. The summed E-state index contributed by atoms with van der Waals surface area (Å²) in [6.45, 7) is 4.02. The van der Waals surface area contributed by atoms with Crippen molar-refractivity contribution in [3.05, 3.63) is 29.8 Å². The summed E-state index contributed by atoms with van der Waals surface area (Å²) < 4.78 is 0. The van der Waals surface area contributed by atoms with Gasteiger partial charge in [0.1, 0.15) is 0 Å². The van der Waals surface area contributed by atoms with Crippen molar-refractivity contribution in [2.24, 2.45) is 5.92 Å². The Morgan fingerprint density at radius 2 is 2.06 bits per heavy atom. The van der Waals surface area contributed by atoms with Crippen LogP contribution in [0, 0.1) is 12.8 Å². The highest BCUT2D eigenvalue weighted by molar-refractivity contribution is 5.92. The van der Waals surface area contributed by atoms with Gasteiger partial charge in [-0.25, -0.2) is 0 Å². The number of nitrogens with one attached hydrogen (secondary N) is 1. The lowest BCUT2D eigenvalue weighted by atomic mass is 9.97. The Labute approximate surface area is 103 Å². The minimum absolute atomic E-state index is 0.134. The molecule has 2 rings (SSSR count). The van der Waals surface area contributed by atoms with Crippen LogP contribution in [0.15, 0.2) is 24.3 Å². The topological polar surface area (TPSA) is 32.3 Å². The average molecular weight is 232 g/mol. The fraction of sp³-hybridized carbons (Fsp3) is 0.500. The summed E-state index contributed by atoms with van der Waals surface area (Å²) in [5.74, 6) is 0.287. The van der Waals surface area contributed by atoms with E-state index in [1.807, 2.05) is 31.2 Å². The van der Waals surface area contributed by atoms with E-state index < -0.39 is 0 Å². The van der Waals surface area contributed by atoms with Crippen LogP contribution >= 0.6 is 0 Å². The zero-order valence-corrected chi connectivity index (χ0v) is 10.6. The van der Waals surface area contributed by atoms with Crippen LogP contribution in [0.3, 0.4) is 0 Å². The molecule has 1 N–H and O–H groups in total. The molecule has 0 aliphatic carbocycles. The van der Waals surface area contributed by atoms with Crippen LogP contribution < -0.4 is 5.32 Å². The lowest BCUT2D eigenvalue weighted by Gasteiger charge is -2.28. The SMILES string of the molecule is Cc1ccc(NC(=O)[C@@H]2CCCN(C)C2)cc1. The van der Waals surface area contributed by atoms with Crippen LogP contribution in [0.5, 0.6) is 0 Å². The molecule has 1 amide bonds. The maximum Gasteiger partial charge on any atom is 0.228 e. The highest BCUT2D eigenvalue weighted by atomic mass is 16.1. The van der Waals surface area contributed by atoms with Gasteiger partial charge in [-0.1, -0.05) is 17.7 Å². The van der Waals surface area contributed by atoms with Gasteiger partial charge in [-0.3, -0.25) is 4.79 Å². The lowest BCUT2D eigenvalue weighted by Crippen LogP contribution is -2.38. The number of aryl methyl sites for hydroxylation is 1. The molecule has 1 fully saturated rings. The minimum Gasteiger partial charge on any atom is -0.326 e. The number of benzene rings is 1. The van der Waals surface area contributed by atoms with E-state index in [1.54, 1.807) is 0 Å². The molecular weight excluding hydrogens is 212 g/mol. The van der Waals surface area contributed by atoms with E-state index in [0.717, 1.165) is 31.6 Å². The van der Waals surface area contributed by atoms with Gasteiger partial charge >= 0.3 is 0 Å². The van der Waals surface area contributed by atoms with Crippen molar-refractivity contribution < 1.29 is 4.79 Å². The van der Waals surface area contributed by atoms with Gasteiger partial charge in [-0.2, -0.15) is 0 Å². The fourth-order valence-corrected chi connectivity index (χ4v) is 2.26. The number of likely N-dealkylation sites (tertiary alicyclic amines) is 1. The molecule has 1 aliphatic heterocycles. The largest absolute Gasteiger partial charge is 0.326 e. The number of carbonyl (C=O) groups excluding carboxylic acids is 1. The molecule has 0 spiro atoms. The molecule has 1 aromatic carbocycles. The normalized spacial score (nSPS) is 21.2. The van der Waals surface area contributed by atoms with Gasteiger partial charge in [0.25, 0.3) is 0 Å². The van der Waals surface area contributed by atoms with E-state index in [1.165, 1.54) is 5.56 Å². The first-order chi connectivity index (χ1) is 8.15. The molecule has 3 heteroatoms. The first kappa shape index (κ1) is 12.1. The number of rotatable bonds is 2. The zero-order valence-electron chi connectivity index (χ0n) is 10.6. The Morgan fingerprint density at radius 3 is 2.71 bits per heavy atom. The predicted octanol–water partition coefficient (Wildman–Crippen LogP) is 2.28. The lowest BCUT2D eigenvalue weighted by molar-refractivity contribution is -0.121. The fourth-order valence-electron chi connectivity index (χ4n) is 2.26. The molecule has 1 heterocycles. The highest BCUT2D eigenvalue weighted by Gasteiger charge is 2.23. The summed E-state index contributed by atoms with van der Waals surface area (Å²) in [6.07, 6.45) is 2.12. The monoisotopic (exact) mass is 232 g/mol. The first-order valence-electron chi connectivity index (χ1n) is 6.21. The average Bonchev–Trinajstić information content (AvgIpc) is 2.32. The number of anilines is 1. The minimum atomic E-state index is 0.134. The first-order valence-corrected chi connectivity index (χ1v) is 6.21. The van der Waals surface area contributed by atoms with Gasteiger partial charge in [0.15, 0.2) is 0 Å². The van der Waals surface area contributed by atoms with E-state index in [9.17, 15) is 4.79 Å². The molecule has 0 bridgehead atoms. The van der Waals surface area contributed by atoms with Crippen molar-refractivity contribution in [2.45, 2.75) is 19.8 Å². The van der Waals surface area contributed by atoms with Gasteiger partial charge in [0.2, 0.25) is 5.91 Å². The Kier molecular flexibility index (Phi) is 3.79. The third kappa shape index (κ3) is 3.30. The predicted molar refractivity (Wildman–Crippen MR) is 70.0 cm³/mol. The number of nitrogens with zero attached hydrogens (tertiary/aromatic N) is 1. The van der Waals surface area contributed by atoms with E-state index >= 15 is 0 Å². The van der Waals surface area contributed by atoms with E-state index in [4.69, 9.17) is 0 Å². The summed E-state index contributed by atoms with van der Waals surface area (Å²) in [7, 11) is 2.07. The quantitative estimate of drug-likeness (QED) is 0.848. The molecule has 1 atom stereocenters. The van der Waals surface area contributed by atoms with Crippen molar-refractivity contribution >= 4 is 11.6 Å². The maximum absolute atomic E-state index is 12.1. The zero-order chi connectivity index (χ0) is 12.3. The maximum atomic E-state index is 12.1. The number of piperidine rings is 1. The van der Waals surface area contributed by atoms with Crippen LogP contribution in [0.4, 0.5) is 5.69 Å². The van der Waals surface area contributed by atoms with Crippen molar-refractivity contribution in [1.82, 2.24) is 4.90 Å². The van der Waals surface area contributed by atoms with Gasteiger partial charge in [-0.15, -0.1) is 0 Å². The van der Waals surface area contributed by atoms with Crippen LogP contribution in [-0.4, -0.2) is 30.9 Å². The van der Waals surface area contributed by atoms with Crippen LogP contribution in [0.25, 0.3) is 0 Å². The number of hydrogen-bond donors (Lipinski definition) is 1. The molecule has 0 radical (unpaired) electrons. The van der Waals surface area contributed by atoms with E-state index in [0.29, 0.717) is 0 Å². The van der Waals surface area contributed by atoms with Crippen molar-refractivity contribution in [3.8, 4) is 0 Å². The summed E-state index contributed by atoms with van der Waals surface area (Å²) in [5, 5.41) is 2.99. The second-order valence-electron chi connectivity index (χ2n) is 4.96. The molecule has 92 valence electrons. The molecule has 0 aromatic heterocycles. The summed E-state index contributed by atoms with van der Waals surface area (Å²) in [4.78, 5) is 14.3. The van der Waals surface area contributed by atoms with Gasteiger partial charge in [0, 0.05) is 12.2 Å². The van der Waals surface area contributed by atoms with E-state index in [2.05, 4.69) is 17.3 Å². The summed E-state index contributed by atoms with van der Waals surface area (Å²) in [6, 6.07) is 7.95. The Hall–Kier alpha value is -1.35. The molecular formula is C14H20N2O. The van der Waals surface area contributed by atoms with Crippen molar-refractivity contribution in [3.63, 3.8) is 0 Å². The molecule has 0 unspecified atom stereocenters. The molecule has 1 saturated heterocycles. The van der Waals surface area contributed by atoms with Gasteiger partial charge in [-0.05, 0) is 45.5 Å². The molecule has 1 aromatic rings. The molecule has 1 aliphatic rings. The number of carbonyl (C=O) groups is 1. The second kappa shape index (κ2) is 5.32. The third-order valence-corrected chi connectivity index (χ3v) is 3.31. The Balaban J connectivity index is 1.94. The van der Waals surface area contributed by atoms with Crippen LogP contribution in [0.2, 0.25) is 0 Å². The third-order valence-electron chi connectivity index (χ3n) is 3.31. The number of amides is 1. The number of hydrogen-bond acceptors (Lipinski definition) is 2. The Morgan fingerprint density at radius 1 is 1.35 bits per heavy atom. The summed E-state index contributed by atoms with van der Waals surface area (Å²) >= 11 is 0. The van der Waals surface area contributed by atoms with Crippen LogP contribution in [0.1, 0.15) is 18.4 Å². The second-order valence-corrected chi connectivity index (χ2v) is 4.96. The van der Waals surface area contributed by atoms with Gasteiger partial charge in [0.05, 0.1) is 5.92 Å². The molecule has 3 nitrogen and oxygen atoms in total. The molecule has 0 saturated carbocycles. The van der Waals surface area contributed by atoms with E-state index in [-0.39, 0.29) is 11.8 Å². The van der Waals surface area contributed by atoms with Gasteiger partial charge < -0.3 is 10.2 Å². The Bertz CT molecular complexity index is 386. The highest BCUT2D eigenvalue weighted by Crippen LogP contribution is 2.17. The van der Waals surface area contributed by atoms with Crippen molar-refractivity contribution in [1.29, 1.82) is 0 Å². The standard InChI is InChI=1S/C14H20N2O/c1-11-5-7-13(8-6-11)15-14(17)12-4-3-9-16(2)10-12/h5-8,12H,3-4,9-10H2,1-2H3,(H,15,17)/t12-/m1/s1. The molecule has 17 heavy (non-hydrogen) atoms. The van der Waals surface area contributed by atoms with Crippen LogP contribution in [-0.2, 0) is 4.79 Å². The summed E-state index contributed by atoms with van der Waals surface area (Å²) in [5.41, 5.74) is 2.11.